The number of aryl methyl sites for hydroxylation is 2. The number of carbonyl (C=O) groups excluding carboxylic acids is 1. The number of carbonyl (C=O) groups is 1. The van der Waals surface area contributed by atoms with Gasteiger partial charge in [-0.2, -0.15) is 0 Å². The van der Waals surface area contributed by atoms with E-state index in [0.29, 0.717) is 16.7 Å². The first kappa shape index (κ1) is 11.4. The van der Waals surface area contributed by atoms with E-state index >= 15 is 0 Å². The number of hydrogen-bond donors (Lipinski definition) is 0. The van der Waals surface area contributed by atoms with E-state index < -0.39 is 0 Å². The van der Waals surface area contributed by atoms with Crippen molar-refractivity contribution in [3.8, 4) is 0 Å². The Morgan fingerprint density at radius 1 is 1.36 bits per heavy atom. The van der Waals surface area contributed by atoms with Crippen molar-refractivity contribution in [3.63, 3.8) is 0 Å². The van der Waals surface area contributed by atoms with Crippen LogP contribution in [0.4, 0.5) is 4.39 Å². The van der Waals surface area contributed by atoms with Crippen molar-refractivity contribution in [2.45, 2.75) is 25.6 Å². The predicted octanol–water partition coefficient (Wildman–Crippen LogP) is 3.41. The van der Waals surface area contributed by atoms with E-state index in [1.54, 1.807) is 20.8 Å². The molecule has 0 aromatic heterocycles. The van der Waals surface area contributed by atoms with Gasteiger partial charge in [0.15, 0.2) is 5.78 Å². The van der Waals surface area contributed by atoms with Crippen molar-refractivity contribution in [2.75, 3.05) is 0 Å². The zero-order valence-electron chi connectivity index (χ0n) is 8.40. The van der Waals surface area contributed by atoms with E-state index in [-0.39, 0.29) is 16.4 Å². The molecule has 0 saturated heterocycles. The van der Waals surface area contributed by atoms with Gasteiger partial charge in [-0.05, 0) is 44.0 Å². The second-order valence-corrected chi connectivity index (χ2v) is 4.77. The average molecular weight is 259 g/mol. The molecule has 0 saturated carbocycles. The minimum absolute atomic E-state index is 0.000000000000000222. The number of halogens is 2. The van der Waals surface area contributed by atoms with Crippen molar-refractivity contribution in [3.05, 3.63) is 34.6 Å². The van der Waals surface area contributed by atoms with Gasteiger partial charge in [-0.1, -0.05) is 15.9 Å². The number of benzene rings is 1. The van der Waals surface area contributed by atoms with Crippen LogP contribution in [0.3, 0.4) is 0 Å². The van der Waals surface area contributed by atoms with Crippen molar-refractivity contribution in [2.24, 2.45) is 0 Å². The quantitative estimate of drug-likeness (QED) is 0.587. The largest absolute Gasteiger partial charge is 0.293 e. The summed E-state index contributed by atoms with van der Waals surface area (Å²) in [5, 5.41) is 0. The van der Waals surface area contributed by atoms with E-state index in [9.17, 15) is 9.18 Å². The SMILES string of the molecule is Cc1cc(F)cc(C)c1C(=O)C(C)Br. The smallest absolute Gasteiger partial charge is 0.176 e. The Bertz CT molecular complexity index is 349. The highest BCUT2D eigenvalue weighted by atomic mass is 79.9. The summed E-state index contributed by atoms with van der Waals surface area (Å²) in [6.45, 7) is 5.27. The van der Waals surface area contributed by atoms with Gasteiger partial charge in [0.25, 0.3) is 0 Å². The van der Waals surface area contributed by atoms with Gasteiger partial charge in [0.2, 0.25) is 0 Å². The molecule has 1 nitrogen and oxygen atoms in total. The Labute approximate surface area is 91.5 Å². The lowest BCUT2D eigenvalue weighted by Gasteiger charge is -2.10. The van der Waals surface area contributed by atoms with Crippen LogP contribution >= 0.6 is 15.9 Å². The van der Waals surface area contributed by atoms with Gasteiger partial charge in [-0.3, -0.25) is 4.79 Å². The molecule has 1 atom stereocenters. The van der Waals surface area contributed by atoms with Gasteiger partial charge < -0.3 is 0 Å². The fraction of sp³-hybridized carbons (Fsp3) is 0.364. The van der Waals surface area contributed by atoms with Gasteiger partial charge in [-0.15, -0.1) is 0 Å². The summed E-state index contributed by atoms with van der Waals surface area (Å²) in [4.78, 5) is 11.5. The molecule has 76 valence electrons. The molecule has 1 aromatic carbocycles. The molecular weight excluding hydrogens is 247 g/mol. The molecule has 0 aliphatic carbocycles. The lowest BCUT2D eigenvalue weighted by Crippen LogP contribution is -2.13. The maximum Gasteiger partial charge on any atom is 0.176 e. The third kappa shape index (κ3) is 2.21. The normalized spacial score (nSPS) is 12.6. The zero-order valence-corrected chi connectivity index (χ0v) is 9.98. The first-order chi connectivity index (χ1) is 6.43. The Balaban J connectivity index is 3.28. The molecule has 0 heterocycles. The molecule has 0 N–H and O–H groups in total. The van der Waals surface area contributed by atoms with Crippen LogP contribution in [0, 0.1) is 19.7 Å². The molecular formula is C11H12BrFO. The monoisotopic (exact) mass is 258 g/mol. The van der Waals surface area contributed by atoms with Crippen LogP contribution in [0.1, 0.15) is 28.4 Å². The van der Waals surface area contributed by atoms with E-state index in [4.69, 9.17) is 0 Å². The number of hydrogen-bond acceptors (Lipinski definition) is 1. The van der Waals surface area contributed by atoms with Crippen molar-refractivity contribution < 1.29 is 9.18 Å². The highest BCUT2D eigenvalue weighted by molar-refractivity contribution is 9.10. The van der Waals surface area contributed by atoms with Crippen LogP contribution in [0.5, 0.6) is 0 Å². The lowest BCUT2D eigenvalue weighted by atomic mass is 9.98. The van der Waals surface area contributed by atoms with Crippen molar-refractivity contribution >= 4 is 21.7 Å². The Hall–Kier alpha value is -0.700. The summed E-state index contributed by atoms with van der Waals surface area (Å²) in [6, 6.07) is 2.77. The van der Waals surface area contributed by atoms with Crippen molar-refractivity contribution in [1.29, 1.82) is 0 Å². The second kappa shape index (κ2) is 4.22. The van der Waals surface area contributed by atoms with Crippen LogP contribution in [0.15, 0.2) is 12.1 Å². The summed E-state index contributed by atoms with van der Waals surface area (Å²) in [7, 11) is 0. The summed E-state index contributed by atoms with van der Waals surface area (Å²) in [5.74, 6) is -0.293. The van der Waals surface area contributed by atoms with E-state index in [1.165, 1.54) is 12.1 Å². The highest BCUT2D eigenvalue weighted by Gasteiger charge is 2.17. The topological polar surface area (TPSA) is 17.1 Å². The van der Waals surface area contributed by atoms with E-state index in [1.807, 2.05) is 0 Å². The molecule has 0 radical (unpaired) electrons. The summed E-state index contributed by atoms with van der Waals surface area (Å²) in [6.07, 6.45) is 0. The Kier molecular flexibility index (Phi) is 3.43. The predicted molar refractivity (Wildman–Crippen MR) is 58.6 cm³/mol. The van der Waals surface area contributed by atoms with Gasteiger partial charge in [0.05, 0.1) is 4.83 Å². The first-order valence-electron chi connectivity index (χ1n) is 4.38. The standard InChI is InChI=1S/C11H12BrFO/c1-6-4-9(13)5-7(2)10(6)11(14)8(3)12/h4-5,8H,1-3H3. The van der Waals surface area contributed by atoms with Crippen LogP contribution < -0.4 is 0 Å². The number of Topliss-reactive ketones (excluding diaryl/α,β-unsaturated/α-hetero) is 1. The molecule has 1 unspecified atom stereocenters. The molecule has 3 heteroatoms. The van der Waals surface area contributed by atoms with Gasteiger partial charge in [0, 0.05) is 5.56 Å². The van der Waals surface area contributed by atoms with Gasteiger partial charge in [0.1, 0.15) is 5.82 Å². The molecule has 0 fully saturated rings. The fourth-order valence-corrected chi connectivity index (χ4v) is 1.73. The van der Waals surface area contributed by atoms with E-state index in [0.717, 1.165) is 0 Å². The average Bonchev–Trinajstić information content (AvgIpc) is 2.01. The third-order valence-electron chi connectivity index (χ3n) is 2.11. The zero-order chi connectivity index (χ0) is 10.9. The molecule has 0 bridgehead atoms. The number of rotatable bonds is 2. The van der Waals surface area contributed by atoms with Gasteiger partial charge >= 0.3 is 0 Å². The molecule has 1 aromatic rings. The first-order valence-corrected chi connectivity index (χ1v) is 5.30. The van der Waals surface area contributed by atoms with Crippen LogP contribution in [-0.2, 0) is 0 Å². The van der Waals surface area contributed by atoms with Gasteiger partial charge in [-0.25, -0.2) is 4.39 Å². The summed E-state index contributed by atoms with van der Waals surface area (Å²) in [5.41, 5.74) is 2.01. The number of ketones is 1. The summed E-state index contributed by atoms with van der Waals surface area (Å²) < 4.78 is 12.9. The van der Waals surface area contributed by atoms with Crippen LogP contribution in [0.25, 0.3) is 0 Å². The lowest BCUT2D eigenvalue weighted by molar-refractivity contribution is 0.0994. The fourth-order valence-electron chi connectivity index (χ4n) is 1.50. The van der Waals surface area contributed by atoms with Crippen LogP contribution in [-0.4, -0.2) is 10.6 Å². The molecule has 0 aliphatic heterocycles. The number of alkyl halides is 1. The van der Waals surface area contributed by atoms with Crippen LogP contribution in [0.2, 0.25) is 0 Å². The molecule has 0 aliphatic rings. The Morgan fingerprint density at radius 3 is 2.14 bits per heavy atom. The third-order valence-corrected chi connectivity index (χ3v) is 2.52. The molecule has 0 amide bonds. The molecule has 1 rings (SSSR count). The maximum atomic E-state index is 12.9. The minimum Gasteiger partial charge on any atom is -0.293 e. The second-order valence-electron chi connectivity index (χ2n) is 3.39. The maximum absolute atomic E-state index is 12.9. The van der Waals surface area contributed by atoms with E-state index in [2.05, 4.69) is 15.9 Å². The van der Waals surface area contributed by atoms with Crippen molar-refractivity contribution in [1.82, 2.24) is 0 Å². The Morgan fingerprint density at radius 2 is 1.79 bits per heavy atom. The molecule has 0 spiro atoms. The minimum atomic E-state index is -0.293. The summed E-state index contributed by atoms with van der Waals surface area (Å²) >= 11 is 3.22. The molecule has 14 heavy (non-hydrogen) atoms. The highest BCUT2D eigenvalue weighted by Crippen LogP contribution is 2.19.